The van der Waals surface area contributed by atoms with E-state index in [4.69, 9.17) is 0 Å². The van der Waals surface area contributed by atoms with Crippen molar-refractivity contribution in [1.29, 1.82) is 0 Å². The Morgan fingerprint density at radius 1 is 1.47 bits per heavy atom. The molecule has 0 saturated heterocycles. The van der Waals surface area contributed by atoms with Crippen molar-refractivity contribution in [1.82, 2.24) is 0 Å². The maximum atomic E-state index is 13.3. The maximum absolute atomic E-state index is 13.3. The molecule has 0 fully saturated rings. The number of aliphatic hydroxyl groups excluding tert-OH is 1. The Hall–Kier alpha value is -0.960. The minimum Gasteiger partial charge on any atom is -0.393 e. The van der Waals surface area contributed by atoms with Gasteiger partial charge in [0.1, 0.15) is 0 Å². The molecule has 1 unspecified atom stereocenters. The average molecular weight is 216 g/mol. The van der Waals surface area contributed by atoms with Gasteiger partial charge in [-0.2, -0.15) is 0 Å². The van der Waals surface area contributed by atoms with Gasteiger partial charge in [0, 0.05) is 6.42 Å². The molecule has 0 amide bonds. The minimum atomic E-state index is -0.980. The summed E-state index contributed by atoms with van der Waals surface area (Å²) in [6.45, 7) is 6.69. The van der Waals surface area contributed by atoms with Gasteiger partial charge in [-0.3, -0.25) is 0 Å². The molecule has 1 nitrogen and oxygen atoms in total. The minimum absolute atomic E-state index is 0.136. The number of rotatable bonds is 6. The molecule has 0 heterocycles. The highest BCUT2D eigenvalue weighted by Crippen LogP contribution is 2.23. The van der Waals surface area contributed by atoms with Crippen molar-refractivity contribution in [3.63, 3.8) is 0 Å². The lowest BCUT2D eigenvalue weighted by molar-refractivity contribution is 0.163. The number of allylic oxidation sites excluding steroid dienone is 4. The van der Waals surface area contributed by atoms with Crippen LogP contribution in [0, 0.1) is 0 Å². The number of hydrogen-bond donors (Lipinski definition) is 1. The van der Waals surface area contributed by atoms with Gasteiger partial charge in [-0.05, 0) is 25.0 Å². The monoisotopic (exact) mass is 216 g/mol. The molecule has 0 aliphatic heterocycles. The van der Waals surface area contributed by atoms with E-state index in [0.29, 0.717) is 6.42 Å². The zero-order chi connectivity index (χ0) is 11.8. The summed E-state index contributed by atoms with van der Waals surface area (Å²) in [4.78, 5) is 0. The molecule has 0 rings (SSSR count). The van der Waals surface area contributed by atoms with Crippen LogP contribution in [0.2, 0.25) is 0 Å². The molecule has 0 aromatic rings. The van der Waals surface area contributed by atoms with Crippen molar-refractivity contribution < 1.29 is 13.9 Å². The van der Waals surface area contributed by atoms with Crippen LogP contribution in [0.15, 0.2) is 36.0 Å². The topological polar surface area (TPSA) is 20.2 Å². The quantitative estimate of drug-likeness (QED) is 0.669. The van der Waals surface area contributed by atoms with Crippen LogP contribution in [0.5, 0.6) is 0 Å². The highest BCUT2D eigenvalue weighted by Gasteiger charge is 2.13. The van der Waals surface area contributed by atoms with Gasteiger partial charge in [-0.15, -0.1) is 0 Å². The third kappa shape index (κ3) is 4.88. The second-order valence-corrected chi connectivity index (χ2v) is 3.33. The van der Waals surface area contributed by atoms with E-state index in [-0.39, 0.29) is 12.0 Å². The van der Waals surface area contributed by atoms with Crippen molar-refractivity contribution in [2.75, 3.05) is 0 Å². The molecule has 0 saturated carbocycles. The van der Waals surface area contributed by atoms with E-state index in [9.17, 15) is 13.9 Å². The Kier molecular flexibility index (Phi) is 6.88. The van der Waals surface area contributed by atoms with Crippen molar-refractivity contribution in [2.45, 2.75) is 39.2 Å². The van der Waals surface area contributed by atoms with Crippen LogP contribution in [-0.4, -0.2) is 11.2 Å². The van der Waals surface area contributed by atoms with Crippen LogP contribution in [0.3, 0.4) is 0 Å². The summed E-state index contributed by atoms with van der Waals surface area (Å²) in [5, 5.41) is 9.48. The van der Waals surface area contributed by atoms with Crippen molar-refractivity contribution in [2.24, 2.45) is 0 Å². The fraction of sp³-hybridized carbons (Fsp3) is 0.500. The van der Waals surface area contributed by atoms with E-state index in [1.54, 1.807) is 6.92 Å². The Morgan fingerprint density at radius 3 is 2.47 bits per heavy atom. The molecule has 15 heavy (non-hydrogen) atoms. The Balaban J connectivity index is 4.59. The van der Waals surface area contributed by atoms with E-state index in [0.717, 1.165) is 12.5 Å². The van der Waals surface area contributed by atoms with Gasteiger partial charge in [-0.1, -0.05) is 26.0 Å². The molecule has 0 aromatic carbocycles. The Bertz CT molecular complexity index is 267. The fourth-order valence-corrected chi connectivity index (χ4v) is 1.27. The van der Waals surface area contributed by atoms with Crippen molar-refractivity contribution >= 4 is 0 Å². The van der Waals surface area contributed by atoms with E-state index >= 15 is 0 Å². The van der Waals surface area contributed by atoms with Crippen LogP contribution in [0.4, 0.5) is 8.78 Å². The largest absolute Gasteiger partial charge is 0.393 e. The molecule has 0 aliphatic rings. The first-order valence-electron chi connectivity index (χ1n) is 5.08. The summed E-state index contributed by atoms with van der Waals surface area (Å²) in [7, 11) is 0. The molecular weight excluding hydrogens is 198 g/mol. The van der Waals surface area contributed by atoms with Gasteiger partial charge < -0.3 is 5.11 Å². The van der Waals surface area contributed by atoms with E-state index in [1.807, 2.05) is 6.92 Å². The van der Waals surface area contributed by atoms with Gasteiger partial charge in [-0.25, -0.2) is 8.78 Å². The van der Waals surface area contributed by atoms with E-state index in [2.05, 4.69) is 6.58 Å². The summed E-state index contributed by atoms with van der Waals surface area (Å²) >= 11 is 0. The summed E-state index contributed by atoms with van der Waals surface area (Å²) in [5.41, 5.74) is 0.188. The van der Waals surface area contributed by atoms with Gasteiger partial charge in [0.2, 0.25) is 0 Å². The first kappa shape index (κ1) is 14.0. The zero-order valence-corrected chi connectivity index (χ0v) is 9.26. The molecular formula is C12H18F2O. The standard InChI is InChI=1S/C12H18F2O/c1-4-7-10(15)8-9(5-2)12(14)11(13)6-3/h5-6,10,15H,3-4,7-8H2,1-2H3/b9-5-,12-11-. The number of aliphatic hydroxyl groups is 1. The Morgan fingerprint density at radius 2 is 2.07 bits per heavy atom. The molecule has 0 aromatic heterocycles. The summed E-state index contributed by atoms with van der Waals surface area (Å²) in [5.74, 6) is -1.91. The predicted octanol–water partition coefficient (Wildman–Crippen LogP) is 3.82. The van der Waals surface area contributed by atoms with Gasteiger partial charge in [0.05, 0.1) is 6.10 Å². The van der Waals surface area contributed by atoms with Crippen LogP contribution >= 0.6 is 0 Å². The summed E-state index contributed by atoms with van der Waals surface area (Å²) in [6.07, 6.45) is 3.21. The maximum Gasteiger partial charge on any atom is 0.161 e. The third-order valence-corrected chi connectivity index (χ3v) is 2.10. The summed E-state index contributed by atoms with van der Waals surface area (Å²) < 4.78 is 26.2. The fourth-order valence-electron chi connectivity index (χ4n) is 1.27. The second-order valence-electron chi connectivity index (χ2n) is 3.33. The molecule has 0 aliphatic carbocycles. The predicted molar refractivity (Wildman–Crippen MR) is 58.7 cm³/mol. The first-order chi connectivity index (χ1) is 7.06. The van der Waals surface area contributed by atoms with Crippen LogP contribution < -0.4 is 0 Å². The highest BCUT2D eigenvalue weighted by atomic mass is 19.2. The normalized spacial score (nSPS) is 15.9. The zero-order valence-electron chi connectivity index (χ0n) is 9.26. The first-order valence-corrected chi connectivity index (χ1v) is 5.08. The molecule has 0 bridgehead atoms. The van der Waals surface area contributed by atoms with E-state index < -0.39 is 17.8 Å². The van der Waals surface area contributed by atoms with Crippen LogP contribution in [0.25, 0.3) is 0 Å². The Labute approximate surface area is 89.8 Å². The summed E-state index contributed by atoms with van der Waals surface area (Å²) in [6, 6.07) is 0. The van der Waals surface area contributed by atoms with Crippen molar-refractivity contribution in [3.8, 4) is 0 Å². The lowest BCUT2D eigenvalue weighted by Crippen LogP contribution is -2.07. The van der Waals surface area contributed by atoms with E-state index in [1.165, 1.54) is 6.08 Å². The molecule has 1 atom stereocenters. The number of halogens is 2. The molecule has 0 radical (unpaired) electrons. The average Bonchev–Trinajstić information content (AvgIpc) is 2.24. The third-order valence-electron chi connectivity index (χ3n) is 2.10. The SMILES string of the molecule is C=C/C(F)=C(F)\C(=C/C)CC(O)CCC. The number of hydrogen-bond acceptors (Lipinski definition) is 1. The highest BCUT2D eigenvalue weighted by molar-refractivity contribution is 5.31. The molecule has 0 spiro atoms. The molecule has 3 heteroatoms. The molecule has 86 valence electrons. The van der Waals surface area contributed by atoms with Crippen LogP contribution in [0.1, 0.15) is 33.1 Å². The van der Waals surface area contributed by atoms with Crippen molar-refractivity contribution in [3.05, 3.63) is 36.0 Å². The molecule has 1 N–H and O–H groups in total. The lowest BCUT2D eigenvalue weighted by Gasteiger charge is -2.11. The van der Waals surface area contributed by atoms with Gasteiger partial charge in [0.15, 0.2) is 11.7 Å². The van der Waals surface area contributed by atoms with Gasteiger partial charge >= 0.3 is 0 Å². The van der Waals surface area contributed by atoms with Gasteiger partial charge in [0.25, 0.3) is 0 Å². The lowest BCUT2D eigenvalue weighted by atomic mass is 10.0. The smallest absolute Gasteiger partial charge is 0.161 e. The van der Waals surface area contributed by atoms with Crippen LogP contribution in [-0.2, 0) is 0 Å². The second kappa shape index (κ2) is 7.35.